The first kappa shape index (κ1) is 18.7. The lowest BCUT2D eigenvalue weighted by Crippen LogP contribution is -2.35. The van der Waals surface area contributed by atoms with E-state index in [9.17, 15) is 4.79 Å². The van der Waals surface area contributed by atoms with Crippen LogP contribution in [-0.2, 0) is 9.75 Å². The van der Waals surface area contributed by atoms with Gasteiger partial charge < -0.3 is 0 Å². The Hall–Kier alpha value is -0.600. The molecule has 2 heterocycles. The van der Waals surface area contributed by atoms with Crippen molar-refractivity contribution in [3.8, 4) is 0 Å². The molecule has 0 fully saturated rings. The van der Waals surface area contributed by atoms with Crippen LogP contribution in [0.15, 0.2) is 12.7 Å². The second kappa shape index (κ2) is 6.04. The lowest BCUT2D eigenvalue weighted by molar-refractivity contribution is 0.236. The average molecular weight is 421 g/mol. The standard InChI is InChI=1S/C11H11Cl5N6O/c1-9(2,3)6-19-7(10(12,13)11(14,15)16)22(20-6)8(23)21-5-17-4-18-21/h4-5H,1-3H3. The van der Waals surface area contributed by atoms with Gasteiger partial charge in [0.1, 0.15) is 12.7 Å². The summed E-state index contributed by atoms with van der Waals surface area (Å²) in [5, 5.41) is 7.87. The van der Waals surface area contributed by atoms with Crippen LogP contribution in [0.4, 0.5) is 4.79 Å². The summed E-state index contributed by atoms with van der Waals surface area (Å²) >= 11 is 29.8. The number of carbonyl (C=O) groups excluding carboxylic acids is 1. The zero-order valence-corrected chi connectivity index (χ0v) is 15.9. The third-order valence-corrected chi connectivity index (χ3v) is 5.05. The van der Waals surface area contributed by atoms with Crippen LogP contribution < -0.4 is 0 Å². The average Bonchev–Trinajstić information content (AvgIpc) is 3.05. The predicted octanol–water partition coefficient (Wildman–Crippen LogP) is 3.68. The van der Waals surface area contributed by atoms with E-state index < -0.39 is 19.6 Å². The van der Waals surface area contributed by atoms with Gasteiger partial charge in [-0.2, -0.15) is 14.5 Å². The molecule has 0 aliphatic heterocycles. The molecule has 0 spiro atoms. The summed E-state index contributed by atoms with van der Waals surface area (Å²) < 4.78 is -2.51. The Morgan fingerprint density at radius 1 is 1.13 bits per heavy atom. The number of nitrogens with zero attached hydrogens (tertiary/aromatic N) is 6. The van der Waals surface area contributed by atoms with Gasteiger partial charge >= 0.3 is 6.03 Å². The Kier molecular flexibility index (Phi) is 4.92. The Morgan fingerprint density at radius 2 is 1.74 bits per heavy atom. The SMILES string of the molecule is CC(C)(C)c1nc(C(Cl)(Cl)C(Cl)(Cl)Cl)n(C(=O)n2cncn2)n1. The maximum absolute atomic E-state index is 12.5. The molecule has 2 aromatic rings. The Morgan fingerprint density at radius 3 is 2.17 bits per heavy atom. The molecule has 2 rings (SSSR count). The van der Waals surface area contributed by atoms with E-state index in [1.165, 1.54) is 12.7 Å². The Labute approximate surface area is 156 Å². The Balaban J connectivity index is 2.66. The van der Waals surface area contributed by atoms with Crippen LogP contribution in [0.3, 0.4) is 0 Å². The molecule has 0 unspecified atom stereocenters. The molecule has 0 atom stereocenters. The van der Waals surface area contributed by atoms with E-state index in [-0.39, 0.29) is 5.82 Å². The van der Waals surface area contributed by atoms with E-state index in [1.54, 1.807) is 0 Å². The molecule has 0 radical (unpaired) electrons. The van der Waals surface area contributed by atoms with Crippen molar-refractivity contribution in [3.63, 3.8) is 0 Å². The zero-order valence-electron chi connectivity index (χ0n) is 12.1. The summed E-state index contributed by atoms with van der Waals surface area (Å²) in [5.41, 5.74) is -0.500. The molecule has 2 aromatic heterocycles. The van der Waals surface area contributed by atoms with Crippen LogP contribution in [0.2, 0.25) is 0 Å². The topological polar surface area (TPSA) is 78.5 Å². The third kappa shape index (κ3) is 3.58. The summed E-state index contributed by atoms with van der Waals surface area (Å²) in [4.78, 5) is 20.4. The molecule has 0 aromatic carbocycles. The van der Waals surface area contributed by atoms with Crippen LogP contribution in [-0.4, -0.2) is 39.4 Å². The van der Waals surface area contributed by atoms with Crippen molar-refractivity contribution in [1.29, 1.82) is 0 Å². The largest absolute Gasteiger partial charge is 0.372 e. The minimum absolute atomic E-state index is 0.230. The molecule has 23 heavy (non-hydrogen) atoms. The lowest BCUT2D eigenvalue weighted by atomic mass is 9.96. The minimum atomic E-state index is -2.15. The number of carbonyl (C=O) groups is 1. The van der Waals surface area contributed by atoms with Crippen molar-refractivity contribution in [3.05, 3.63) is 24.3 Å². The molecule has 0 amide bonds. The van der Waals surface area contributed by atoms with Gasteiger partial charge in [-0.1, -0.05) is 78.8 Å². The van der Waals surface area contributed by atoms with Gasteiger partial charge in [0.15, 0.2) is 11.6 Å². The van der Waals surface area contributed by atoms with Crippen LogP contribution >= 0.6 is 58.0 Å². The summed E-state index contributed by atoms with van der Waals surface area (Å²) in [6, 6.07) is -0.722. The van der Waals surface area contributed by atoms with E-state index in [4.69, 9.17) is 58.0 Å². The van der Waals surface area contributed by atoms with E-state index in [0.29, 0.717) is 5.82 Å². The highest BCUT2D eigenvalue weighted by Crippen LogP contribution is 2.52. The van der Waals surface area contributed by atoms with Crippen LogP contribution in [0.1, 0.15) is 32.4 Å². The van der Waals surface area contributed by atoms with Gasteiger partial charge in [0, 0.05) is 5.41 Å². The molecule has 0 saturated carbocycles. The third-order valence-electron chi connectivity index (χ3n) is 2.71. The second-order valence-corrected chi connectivity index (χ2v) is 9.22. The first-order valence-corrected chi connectivity index (χ1v) is 8.06. The Bertz CT molecular complexity index is 712. The molecular weight excluding hydrogens is 409 g/mol. The van der Waals surface area contributed by atoms with Gasteiger partial charge in [-0.25, -0.2) is 14.8 Å². The van der Waals surface area contributed by atoms with E-state index in [1.807, 2.05) is 20.8 Å². The highest BCUT2D eigenvalue weighted by molar-refractivity contribution is 6.75. The van der Waals surface area contributed by atoms with Crippen molar-refractivity contribution in [2.24, 2.45) is 0 Å². The fraction of sp³-hybridized carbons (Fsp3) is 0.545. The fourth-order valence-electron chi connectivity index (χ4n) is 1.50. The monoisotopic (exact) mass is 418 g/mol. The smallest absolute Gasteiger partial charge is 0.243 e. The zero-order chi connectivity index (χ0) is 17.6. The lowest BCUT2D eigenvalue weighted by Gasteiger charge is -2.26. The number of alkyl halides is 5. The van der Waals surface area contributed by atoms with E-state index in [2.05, 4.69) is 20.2 Å². The van der Waals surface area contributed by atoms with Crippen molar-refractivity contribution in [1.82, 2.24) is 29.5 Å². The quantitative estimate of drug-likeness (QED) is 0.658. The number of hydrogen-bond acceptors (Lipinski definition) is 5. The molecule has 7 nitrogen and oxygen atoms in total. The minimum Gasteiger partial charge on any atom is -0.243 e. The molecular formula is C11H11Cl5N6O. The number of hydrogen-bond donors (Lipinski definition) is 0. The maximum atomic E-state index is 12.5. The van der Waals surface area contributed by atoms with Gasteiger partial charge in [0.05, 0.1) is 0 Å². The first-order valence-electron chi connectivity index (χ1n) is 6.17. The van der Waals surface area contributed by atoms with Gasteiger partial charge in [-0.15, -0.1) is 5.10 Å². The molecule has 0 aliphatic rings. The molecule has 0 saturated heterocycles. The summed E-state index contributed by atoms with van der Waals surface area (Å²) in [6.07, 6.45) is 2.37. The van der Waals surface area contributed by atoms with Crippen LogP contribution in [0, 0.1) is 0 Å². The van der Waals surface area contributed by atoms with Crippen molar-refractivity contribution >= 4 is 64.0 Å². The molecule has 0 N–H and O–H groups in total. The van der Waals surface area contributed by atoms with Crippen molar-refractivity contribution in [2.75, 3.05) is 0 Å². The number of aromatic nitrogens is 6. The molecule has 0 aliphatic carbocycles. The van der Waals surface area contributed by atoms with E-state index in [0.717, 1.165) is 9.36 Å². The molecule has 0 bridgehead atoms. The van der Waals surface area contributed by atoms with Gasteiger partial charge in [-0.05, 0) is 0 Å². The van der Waals surface area contributed by atoms with Crippen LogP contribution in [0.25, 0.3) is 0 Å². The van der Waals surface area contributed by atoms with Gasteiger partial charge in [0.2, 0.25) is 8.13 Å². The number of halogens is 5. The highest BCUT2D eigenvalue weighted by atomic mass is 35.6. The maximum Gasteiger partial charge on any atom is 0.372 e. The van der Waals surface area contributed by atoms with Crippen LogP contribution in [0.5, 0.6) is 0 Å². The summed E-state index contributed by atoms with van der Waals surface area (Å²) in [5.74, 6) is 0.0622. The number of rotatable bonds is 1. The van der Waals surface area contributed by atoms with Gasteiger partial charge in [0.25, 0.3) is 0 Å². The highest BCUT2D eigenvalue weighted by Gasteiger charge is 2.52. The van der Waals surface area contributed by atoms with Crippen molar-refractivity contribution in [2.45, 2.75) is 34.3 Å². The first-order chi connectivity index (χ1) is 10.4. The van der Waals surface area contributed by atoms with E-state index >= 15 is 0 Å². The fourth-order valence-corrected chi connectivity index (χ4v) is 2.00. The van der Waals surface area contributed by atoms with Crippen molar-refractivity contribution < 1.29 is 4.79 Å². The summed E-state index contributed by atoms with van der Waals surface area (Å²) in [7, 11) is 0. The predicted molar refractivity (Wildman–Crippen MR) is 88.6 cm³/mol. The molecule has 12 heteroatoms. The summed E-state index contributed by atoms with van der Waals surface area (Å²) in [6.45, 7) is 5.53. The molecule has 126 valence electrons. The van der Waals surface area contributed by atoms with Gasteiger partial charge in [-0.3, -0.25) is 0 Å². The second-order valence-electron chi connectivity index (χ2n) is 5.62. The normalized spacial score (nSPS) is 13.4.